The van der Waals surface area contributed by atoms with E-state index in [9.17, 15) is 4.79 Å². The molecule has 0 aromatic carbocycles. The second kappa shape index (κ2) is 3.64. The SMILES string of the molecule is O=C(CC1CCC1)c1ccnnc1. The maximum atomic E-state index is 11.6. The quantitative estimate of drug-likeness (QED) is 0.660. The number of hydrogen-bond donors (Lipinski definition) is 0. The Morgan fingerprint density at radius 3 is 2.85 bits per heavy atom. The molecule has 0 amide bonds. The predicted octanol–water partition coefficient (Wildman–Crippen LogP) is 1.85. The molecule has 1 aromatic heterocycles. The molecule has 1 saturated carbocycles. The van der Waals surface area contributed by atoms with E-state index < -0.39 is 0 Å². The molecule has 1 heterocycles. The molecule has 1 aliphatic carbocycles. The van der Waals surface area contributed by atoms with Crippen molar-refractivity contribution in [3.05, 3.63) is 24.0 Å². The van der Waals surface area contributed by atoms with Crippen molar-refractivity contribution in [3.8, 4) is 0 Å². The Morgan fingerprint density at radius 1 is 1.46 bits per heavy atom. The molecule has 3 nitrogen and oxygen atoms in total. The molecule has 0 spiro atoms. The van der Waals surface area contributed by atoms with Gasteiger partial charge >= 0.3 is 0 Å². The second-order valence-corrected chi connectivity index (χ2v) is 3.56. The van der Waals surface area contributed by atoms with Crippen LogP contribution in [0.3, 0.4) is 0 Å². The van der Waals surface area contributed by atoms with Crippen LogP contribution in [0.1, 0.15) is 36.0 Å². The number of Topliss-reactive ketones (excluding diaryl/α,β-unsaturated/α-hetero) is 1. The maximum absolute atomic E-state index is 11.6. The molecule has 0 saturated heterocycles. The van der Waals surface area contributed by atoms with Crippen molar-refractivity contribution in [3.63, 3.8) is 0 Å². The normalized spacial score (nSPS) is 16.6. The summed E-state index contributed by atoms with van der Waals surface area (Å²) in [4.78, 5) is 11.6. The van der Waals surface area contributed by atoms with Crippen LogP contribution in [-0.4, -0.2) is 16.0 Å². The summed E-state index contributed by atoms with van der Waals surface area (Å²) in [6.45, 7) is 0. The summed E-state index contributed by atoms with van der Waals surface area (Å²) in [7, 11) is 0. The molecule has 3 heteroatoms. The Balaban J connectivity index is 1.97. The highest BCUT2D eigenvalue weighted by Gasteiger charge is 2.21. The molecule has 0 aliphatic heterocycles. The minimum atomic E-state index is 0.208. The third-order valence-electron chi connectivity index (χ3n) is 2.61. The zero-order chi connectivity index (χ0) is 9.10. The first-order valence-electron chi connectivity index (χ1n) is 4.66. The van der Waals surface area contributed by atoms with E-state index in [1.807, 2.05) is 0 Å². The van der Waals surface area contributed by atoms with Gasteiger partial charge in [0, 0.05) is 12.0 Å². The number of carbonyl (C=O) groups is 1. The summed E-state index contributed by atoms with van der Waals surface area (Å²) >= 11 is 0. The van der Waals surface area contributed by atoms with Gasteiger partial charge in [0.05, 0.1) is 12.4 Å². The van der Waals surface area contributed by atoms with E-state index in [4.69, 9.17) is 0 Å². The Morgan fingerprint density at radius 2 is 2.31 bits per heavy atom. The van der Waals surface area contributed by atoms with Gasteiger partial charge in [-0.3, -0.25) is 4.79 Å². The minimum Gasteiger partial charge on any atom is -0.294 e. The van der Waals surface area contributed by atoms with Crippen LogP contribution < -0.4 is 0 Å². The van der Waals surface area contributed by atoms with Gasteiger partial charge in [0.25, 0.3) is 0 Å². The highest BCUT2D eigenvalue weighted by Crippen LogP contribution is 2.30. The lowest BCUT2D eigenvalue weighted by atomic mass is 9.81. The van der Waals surface area contributed by atoms with Gasteiger partial charge in [-0.1, -0.05) is 19.3 Å². The van der Waals surface area contributed by atoms with Gasteiger partial charge in [-0.15, -0.1) is 0 Å². The van der Waals surface area contributed by atoms with Crippen molar-refractivity contribution in [2.75, 3.05) is 0 Å². The first-order valence-corrected chi connectivity index (χ1v) is 4.66. The van der Waals surface area contributed by atoms with Crippen molar-refractivity contribution in [1.82, 2.24) is 10.2 Å². The third kappa shape index (κ3) is 1.91. The van der Waals surface area contributed by atoms with E-state index in [2.05, 4.69) is 10.2 Å². The average molecular weight is 176 g/mol. The summed E-state index contributed by atoms with van der Waals surface area (Å²) in [6, 6.07) is 1.73. The molecule has 0 radical (unpaired) electrons. The zero-order valence-electron chi connectivity index (χ0n) is 7.44. The molecule has 1 aromatic rings. The van der Waals surface area contributed by atoms with E-state index in [0.717, 1.165) is 0 Å². The van der Waals surface area contributed by atoms with Crippen LogP contribution >= 0.6 is 0 Å². The fraction of sp³-hybridized carbons (Fsp3) is 0.500. The third-order valence-corrected chi connectivity index (χ3v) is 2.61. The molecule has 0 bridgehead atoms. The number of nitrogens with zero attached hydrogens (tertiary/aromatic N) is 2. The highest BCUT2D eigenvalue weighted by molar-refractivity contribution is 5.95. The van der Waals surface area contributed by atoms with Crippen LogP contribution in [0.5, 0.6) is 0 Å². The fourth-order valence-corrected chi connectivity index (χ4v) is 1.53. The van der Waals surface area contributed by atoms with E-state index in [-0.39, 0.29) is 5.78 Å². The molecule has 68 valence electrons. The van der Waals surface area contributed by atoms with Crippen LogP contribution in [0.4, 0.5) is 0 Å². The number of aromatic nitrogens is 2. The lowest BCUT2D eigenvalue weighted by Gasteiger charge is -2.24. The average Bonchev–Trinajstić information content (AvgIpc) is 2.12. The van der Waals surface area contributed by atoms with Crippen molar-refractivity contribution < 1.29 is 4.79 Å². The summed E-state index contributed by atoms with van der Waals surface area (Å²) < 4.78 is 0. The van der Waals surface area contributed by atoms with Gasteiger partial charge < -0.3 is 0 Å². The van der Waals surface area contributed by atoms with E-state index in [1.54, 1.807) is 18.5 Å². The number of ketones is 1. The number of rotatable bonds is 3. The highest BCUT2D eigenvalue weighted by atomic mass is 16.1. The summed E-state index contributed by atoms with van der Waals surface area (Å²) in [5.41, 5.74) is 0.696. The van der Waals surface area contributed by atoms with Gasteiger partial charge in [0.1, 0.15) is 0 Å². The number of hydrogen-bond acceptors (Lipinski definition) is 3. The molecule has 1 fully saturated rings. The summed E-state index contributed by atoms with van der Waals surface area (Å²) in [6.07, 6.45) is 7.50. The van der Waals surface area contributed by atoms with Gasteiger partial charge in [-0.25, -0.2) is 0 Å². The molecule has 13 heavy (non-hydrogen) atoms. The van der Waals surface area contributed by atoms with Crippen LogP contribution in [0, 0.1) is 5.92 Å². The van der Waals surface area contributed by atoms with Crippen molar-refractivity contribution in [2.45, 2.75) is 25.7 Å². The fourth-order valence-electron chi connectivity index (χ4n) is 1.53. The Hall–Kier alpha value is -1.25. The van der Waals surface area contributed by atoms with Crippen LogP contribution in [0.2, 0.25) is 0 Å². The van der Waals surface area contributed by atoms with Crippen LogP contribution in [0.15, 0.2) is 18.5 Å². The maximum Gasteiger partial charge on any atom is 0.164 e. The summed E-state index contributed by atoms with van der Waals surface area (Å²) in [5.74, 6) is 0.834. The van der Waals surface area contributed by atoms with Crippen LogP contribution in [0.25, 0.3) is 0 Å². The predicted molar refractivity (Wildman–Crippen MR) is 48.3 cm³/mol. The first kappa shape index (κ1) is 8.35. The smallest absolute Gasteiger partial charge is 0.164 e. The topological polar surface area (TPSA) is 42.9 Å². The van der Waals surface area contributed by atoms with E-state index in [1.165, 1.54) is 19.3 Å². The van der Waals surface area contributed by atoms with E-state index >= 15 is 0 Å². The largest absolute Gasteiger partial charge is 0.294 e. The summed E-state index contributed by atoms with van der Waals surface area (Å²) in [5, 5.41) is 7.32. The van der Waals surface area contributed by atoms with Crippen LogP contribution in [-0.2, 0) is 0 Å². The van der Waals surface area contributed by atoms with Crippen molar-refractivity contribution in [1.29, 1.82) is 0 Å². The molecule has 0 unspecified atom stereocenters. The number of carbonyl (C=O) groups excluding carboxylic acids is 1. The molecule has 1 aliphatic rings. The standard InChI is InChI=1S/C10H12N2O/c13-10(6-8-2-1-3-8)9-4-5-11-12-7-9/h4-5,7-8H,1-3,6H2. The minimum absolute atomic E-state index is 0.208. The molecule has 2 rings (SSSR count). The van der Waals surface area contributed by atoms with Gasteiger partial charge in [-0.2, -0.15) is 10.2 Å². The second-order valence-electron chi connectivity index (χ2n) is 3.56. The lowest BCUT2D eigenvalue weighted by Crippen LogP contribution is -2.16. The molecule has 0 N–H and O–H groups in total. The first-order chi connectivity index (χ1) is 6.36. The Kier molecular flexibility index (Phi) is 2.34. The van der Waals surface area contributed by atoms with Gasteiger partial charge in [0.15, 0.2) is 5.78 Å². The van der Waals surface area contributed by atoms with Crippen molar-refractivity contribution >= 4 is 5.78 Å². The molecule has 0 atom stereocenters. The Labute approximate surface area is 77.2 Å². The van der Waals surface area contributed by atoms with Gasteiger partial charge in [0.2, 0.25) is 0 Å². The Bertz CT molecular complexity index is 293. The van der Waals surface area contributed by atoms with Crippen molar-refractivity contribution in [2.24, 2.45) is 5.92 Å². The lowest BCUT2D eigenvalue weighted by molar-refractivity contribution is 0.0936. The van der Waals surface area contributed by atoms with Gasteiger partial charge in [-0.05, 0) is 12.0 Å². The van der Waals surface area contributed by atoms with E-state index in [0.29, 0.717) is 17.9 Å². The molecular formula is C10H12N2O. The zero-order valence-corrected chi connectivity index (χ0v) is 7.44. The molecular weight excluding hydrogens is 164 g/mol. The monoisotopic (exact) mass is 176 g/mol.